The molecule has 0 heterocycles. The van der Waals surface area contributed by atoms with Gasteiger partial charge in [-0.05, 0) is 51.4 Å². The van der Waals surface area contributed by atoms with Gasteiger partial charge in [0.15, 0.2) is 0 Å². The quantitative estimate of drug-likeness (QED) is 0.357. The number of hydrogen-bond donors (Lipinski definition) is 0. The Bertz CT molecular complexity index is 286. The minimum absolute atomic E-state index is 0.162. The van der Waals surface area contributed by atoms with Crippen molar-refractivity contribution in [3.05, 3.63) is 0 Å². The van der Waals surface area contributed by atoms with Gasteiger partial charge in [-0.1, -0.05) is 55.4 Å². The molecule has 0 aliphatic heterocycles. The Hall–Kier alpha value is 0.137. The number of hydrogen-bond acceptors (Lipinski definition) is 2. The van der Waals surface area contributed by atoms with Gasteiger partial charge in [0, 0.05) is 23.3 Å². The molecule has 3 heteroatoms. The van der Waals surface area contributed by atoms with Gasteiger partial charge < -0.3 is 8.85 Å². The molecule has 0 N–H and O–H groups in total. The summed E-state index contributed by atoms with van der Waals surface area (Å²) < 4.78 is 13.6. The van der Waals surface area contributed by atoms with E-state index in [0.29, 0.717) is 11.8 Å². The Morgan fingerprint density at radius 1 is 0.609 bits per heavy atom. The second kappa shape index (κ2) is 9.58. The van der Waals surface area contributed by atoms with Crippen LogP contribution < -0.4 is 0 Å². The molecule has 23 heavy (non-hydrogen) atoms. The molecule has 2 nitrogen and oxygen atoms in total. The maximum absolute atomic E-state index is 6.80. The van der Waals surface area contributed by atoms with Gasteiger partial charge in [0.05, 0.1) is 0 Å². The monoisotopic (exact) mass is 344 g/mol. The highest BCUT2D eigenvalue weighted by Crippen LogP contribution is 2.65. The minimum atomic E-state index is -2.48. The maximum atomic E-state index is 6.80. The largest absolute Gasteiger partial charge is 0.394 e. The minimum Gasteiger partial charge on any atom is -0.394 e. The highest BCUT2D eigenvalue weighted by molar-refractivity contribution is 6.74. The van der Waals surface area contributed by atoms with E-state index in [1.54, 1.807) is 0 Å². The molecule has 0 spiro atoms. The van der Waals surface area contributed by atoms with Crippen molar-refractivity contribution >= 4 is 8.56 Å². The van der Waals surface area contributed by atoms with Gasteiger partial charge >= 0.3 is 8.56 Å². The zero-order valence-electron chi connectivity index (χ0n) is 17.7. The van der Waals surface area contributed by atoms with E-state index in [2.05, 4.69) is 69.2 Å². The lowest BCUT2D eigenvalue weighted by Crippen LogP contribution is -2.65. The molecule has 0 bridgehead atoms. The fourth-order valence-corrected chi connectivity index (χ4v) is 11.8. The second-order valence-corrected chi connectivity index (χ2v) is 11.3. The van der Waals surface area contributed by atoms with Gasteiger partial charge in [-0.25, -0.2) is 0 Å². The molecule has 140 valence electrons. The van der Waals surface area contributed by atoms with Crippen LogP contribution >= 0.6 is 0 Å². The summed E-state index contributed by atoms with van der Waals surface area (Å²) in [4.78, 5) is 0. The van der Waals surface area contributed by atoms with Crippen LogP contribution in [0.3, 0.4) is 0 Å². The van der Waals surface area contributed by atoms with Crippen LogP contribution in [-0.4, -0.2) is 21.8 Å². The van der Waals surface area contributed by atoms with Gasteiger partial charge in [-0.15, -0.1) is 0 Å². The van der Waals surface area contributed by atoms with E-state index >= 15 is 0 Å². The van der Waals surface area contributed by atoms with Crippen molar-refractivity contribution in [2.75, 3.05) is 13.2 Å². The van der Waals surface area contributed by atoms with Gasteiger partial charge in [0.2, 0.25) is 0 Å². The lowest BCUT2D eigenvalue weighted by atomic mass is 9.87. The van der Waals surface area contributed by atoms with E-state index in [1.807, 2.05) is 0 Å². The summed E-state index contributed by atoms with van der Waals surface area (Å²) in [5.41, 5.74) is 0. The molecule has 0 atom stereocenters. The highest BCUT2D eigenvalue weighted by Gasteiger charge is 2.68. The fourth-order valence-electron chi connectivity index (χ4n) is 5.34. The first-order valence-electron chi connectivity index (χ1n) is 10.0. The van der Waals surface area contributed by atoms with Gasteiger partial charge in [-0.3, -0.25) is 0 Å². The summed E-state index contributed by atoms with van der Waals surface area (Å²) >= 11 is 0. The molecule has 0 radical (unpaired) electrons. The third-order valence-corrected chi connectivity index (χ3v) is 13.3. The molecule has 0 aliphatic rings. The molecular formula is C20H44O2Si. The van der Waals surface area contributed by atoms with E-state index < -0.39 is 8.56 Å². The Labute approximate surface area is 148 Å². The van der Waals surface area contributed by atoms with Crippen LogP contribution in [-0.2, 0) is 8.85 Å². The van der Waals surface area contributed by atoms with Gasteiger partial charge in [0.1, 0.15) is 0 Å². The molecule has 0 aromatic heterocycles. The Kier molecular flexibility index (Phi) is 9.63. The first-order chi connectivity index (χ1) is 10.8. The Morgan fingerprint density at radius 2 is 0.870 bits per heavy atom. The molecule has 0 unspecified atom stereocenters. The lowest BCUT2D eigenvalue weighted by molar-refractivity contribution is 0.0846. The molecule has 0 amide bonds. The molecule has 0 aromatic carbocycles. The molecule has 0 rings (SSSR count). The third-order valence-electron chi connectivity index (χ3n) is 6.74. The summed E-state index contributed by atoms with van der Waals surface area (Å²) in [6, 6.07) is 0. The molecule has 0 aliphatic carbocycles. The summed E-state index contributed by atoms with van der Waals surface area (Å²) in [5, 5.41) is 0.324. The Balaban J connectivity index is 6.71. The summed E-state index contributed by atoms with van der Waals surface area (Å²) in [5.74, 6) is 1.14. The third kappa shape index (κ3) is 3.57. The van der Waals surface area contributed by atoms with Crippen molar-refractivity contribution in [2.24, 2.45) is 11.8 Å². The van der Waals surface area contributed by atoms with Gasteiger partial charge in [0.25, 0.3) is 0 Å². The van der Waals surface area contributed by atoms with Crippen LogP contribution in [0.1, 0.15) is 94.9 Å². The molecule has 0 saturated carbocycles. The Morgan fingerprint density at radius 3 is 1.00 bits per heavy atom. The molecule has 0 saturated heterocycles. The predicted octanol–water partition coefficient (Wildman–Crippen LogP) is 6.93. The van der Waals surface area contributed by atoms with Crippen LogP contribution in [0.4, 0.5) is 0 Å². The van der Waals surface area contributed by atoms with Crippen LogP contribution in [0.2, 0.25) is 10.1 Å². The average Bonchev–Trinajstić information content (AvgIpc) is 2.50. The first kappa shape index (κ1) is 23.1. The summed E-state index contributed by atoms with van der Waals surface area (Å²) in [6.45, 7) is 24.7. The lowest BCUT2D eigenvalue weighted by Gasteiger charge is -2.59. The van der Waals surface area contributed by atoms with Crippen molar-refractivity contribution in [1.82, 2.24) is 0 Å². The zero-order valence-corrected chi connectivity index (χ0v) is 18.7. The fraction of sp³-hybridized carbons (Fsp3) is 1.00. The van der Waals surface area contributed by atoms with E-state index in [0.717, 1.165) is 38.9 Å². The average molecular weight is 345 g/mol. The van der Waals surface area contributed by atoms with Crippen molar-refractivity contribution < 1.29 is 8.85 Å². The first-order valence-corrected chi connectivity index (χ1v) is 11.8. The smallest absolute Gasteiger partial charge is 0.351 e. The summed E-state index contributed by atoms with van der Waals surface area (Å²) in [6.07, 6.45) is 4.56. The molecular weight excluding hydrogens is 300 g/mol. The number of rotatable bonds is 12. The summed E-state index contributed by atoms with van der Waals surface area (Å²) in [7, 11) is -2.48. The standard InChI is InChI=1S/C20H44O2Si/c1-11-19(12-2,17(7)8)23(21-15-5,22-16-6)20(13-3,14-4)18(9)10/h17-18H,11-16H2,1-10H3. The predicted molar refractivity (Wildman–Crippen MR) is 105 cm³/mol. The second-order valence-electron chi connectivity index (χ2n) is 7.52. The molecule has 0 aromatic rings. The maximum Gasteiger partial charge on any atom is 0.351 e. The molecule has 0 fully saturated rings. The normalized spacial score (nSPS) is 14.1. The van der Waals surface area contributed by atoms with E-state index in [4.69, 9.17) is 8.85 Å². The van der Waals surface area contributed by atoms with Crippen molar-refractivity contribution in [2.45, 2.75) is 105 Å². The van der Waals surface area contributed by atoms with Crippen LogP contribution in [0.15, 0.2) is 0 Å². The van der Waals surface area contributed by atoms with Crippen LogP contribution in [0.5, 0.6) is 0 Å². The van der Waals surface area contributed by atoms with Crippen molar-refractivity contribution in [3.63, 3.8) is 0 Å². The van der Waals surface area contributed by atoms with Crippen molar-refractivity contribution in [3.8, 4) is 0 Å². The van der Waals surface area contributed by atoms with E-state index in [9.17, 15) is 0 Å². The van der Waals surface area contributed by atoms with E-state index in [1.165, 1.54) is 0 Å². The van der Waals surface area contributed by atoms with E-state index in [-0.39, 0.29) is 10.1 Å². The van der Waals surface area contributed by atoms with Crippen LogP contribution in [0, 0.1) is 11.8 Å². The highest BCUT2D eigenvalue weighted by atomic mass is 28.4. The van der Waals surface area contributed by atoms with Crippen molar-refractivity contribution in [1.29, 1.82) is 0 Å². The SMILES string of the molecule is CCO[Si](OCC)(C(CC)(CC)C(C)C)C(CC)(CC)C(C)C. The van der Waals surface area contributed by atoms with Gasteiger partial charge in [-0.2, -0.15) is 0 Å². The topological polar surface area (TPSA) is 18.5 Å². The zero-order chi connectivity index (χ0) is 18.3. The van der Waals surface area contributed by atoms with Crippen LogP contribution in [0.25, 0.3) is 0 Å².